The van der Waals surface area contributed by atoms with Crippen LogP contribution in [0, 0.1) is 17.2 Å². The first-order chi connectivity index (χ1) is 10.9. The molecule has 23 heavy (non-hydrogen) atoms. The third-order valence-electron chi connectivity index (χ3n) is 3.65. The zero-order valence-corrected chi connectivity index (χ0v) is 13.5. The Kier molecular flexibility index (Phi) is 5.41. The van der Waals surface area contributed by atoms with Gasteiger partial charge in [-0.1, -0.05) is 23.7 Å². The molecule has 0 saturated heterocycles. The molecule has 120 valence electrons. The average Bonchev–Trinajstić information content (AvgIpc) is 3.37. The summed E-state index contributed by atoms with van der Waals surface area (Å²) in [4.78, 5) is 23.4. The Labute approximate surface area is 139 Å². The summed E-state index contributed by atoms with van der Waals surface area (Å²) in [5, 5.41) is 12.4. The fraction of sp³-hybridized carbons (Fsp3) is 0.353. The highest BCUT2D eigenvalue weighted by Crippen LogP contribution is 2.39. The number of esters is 1. The van der Waals surface area contributed by atoms with Gasteiger partial charge in [0.1, 0.15) is 5.54 Å². The first kappa shape index (κ1) is 17.0. The number of halogens is 1. The van der Waals surface area contributed by atoms with Gasteiger partial charge in [-0.3, -0.25) is 4.79 Å². The summed E-state index contributed by atoms with van der Waals surface area (Å²) in [5.41, 5.74) is -0.0931. The van der Waals surface area contributed by atoms with Gasteiger partial charge in [0.15, 0.2) is 6.61 Å². The Hall–Kier alpha value is -2.32. The van der Waals surface area contributed by atoms with Gasteiger partial charge in [-0.15, -0.1) is 0 Å². The van der Waals surface area contributed by atoms with Crippen LogP contribution >= 0.6 is 11.6 Å². The van der Waals surface area contributed by atoms with Crippen LogP contribution in [0.15, 0.2) is 30.3 Å². The van der Waals surface area contributed by atoms with Crippen molar-refractivity contribution in [1.29, 1.82) is 5.26 Å². The van der Waals surface area contributed by atoms with Gasteiger partial charge in [-0.25, -0.2) is 4.79 Å². The zero-order valence-electron chi connectivity index (χ0n) is 12.7. The number of nitrogens with one attached hydrogen (secondary N) is 1. The van der Waals surface area contributed by atoms with Crippen molar-refractivity contribution in [2.45, 2.75) is 25.3 Å². The predicted molar refractivity (Wildman–Crippen MR) is 86.3 cm³/mol. The summed E-state index contributed by atoms with van der Waals surface area (Å²) < 4.78 is 4.87. The zero-order chi connectivity index (χ0) is 16.9. The van der Waals surface area contributed by atoms with Crippen LogP contribution in [0.5, 0.6) is 0 Å². The van der Waals surface area contributed by atoms with Gasteiger partial charge in [-0.05, 0) is 49.5 Å². The molecule has 0 bridgehead atoms. The highest BCUT2D eigenvalue weighted by Gasteiger charge is 2.43. The Bertz CT molecular complexity index is 659. The van der Waals surface area contributed by atoms with Crippen LogP contribution in [0.1, 0.15) is 25.3 Å². The first-order valence-electron chi connectivity index (χ1n) is 7.25. The molecule has 1 aromatic carbocycles. The molecule has 1 N–H and O–H groups in total. The second-order valence-electron chi connectivity index (χ2n) is 5.63. The Balaban J connectivity index is 1.78. The molecular weight excluding hydrogens is 316 g/mol. The highest BCUT2D eigenvalue weighted by atomic mass is 35.5. The molecule has 6 heteroatoms. The van der Waals surface area contributed by atoms with E-state index in [1.807, 2.05) is 0 Å². The van der Waals surface area contributed by atoms with Crippen LogP contribution < -0.4 is 5.32 Å². The second kappa shape index (κ2) is 7.30. The number of amides is 1. The maximum Gasteiger partial charge on any atom is 0.331 e. The topological polar surface area (TPSA) is 79.2 Å². The van der Waals surface area contributed by atoms with Crippen LogP contribution in [-0.2, 0) is 14.3 Å². The van der Waals surface area contributed by atoms with Crippen LogP contribution in [0.4, 0.5) is 0 Å². The Morgan fingerprint density at radius 2 is 2.09 bits per heavy atom. The van der Waals surface area contributed by atoms with Gasteiger partial charge in [0.05, 0.1) is 6.07 Å². The van der Waals surface area contributed by atoms with Crippen LogP contribution in [0.25, 0.3) is 6.08 Å². The van der Waals surface area contributed by atoms with E-state index >= 15 is 0 Å². The van der Waals surface area contributed by atoms with Crippen molar-refractivity contribution in [3.63, 3.8) is 0 Å². The van der Waals surface area contributed by atoms with E-state index in [2.05, 4.69) is 11.4 Å². The molecular formula is C17H17ClN2O3. The number of carbonyl (C=O) groups excluding carboxylic acids is 2. The molecule has 1 atom stereocenters. The highest BCUT2D eigenvalue weighted by molar-refractivity contribution is 6.30. The molecule has 0 aliphatic heterocycles. The smallest absolute Gasteiger partial charge is 0.331 e. The number of benzene rings is 1. The van der Waals surface area contributed by atoms with Gasteiger partial charge < -0.3 is 10.1 Å². The van der Waals surface area contributed by atoms with Crippen molar-refractivity contribution in [2.24, 2.45) is 5.92 Å². The molecule has 0 spiro atoms. The monoisotopic (exact) mass is 332 g/mol. The van der Waals surface area contributed by atoms with E-state index in [0.29, 0.717) is 5.02 Å². The lowest BCUT2D eigenvalue weighted by atomic mass is 9.98. The molecule has 1 fully saturated rings. The van der Waals surface area contributed by atoms with Crippen molar-refractivity contribution in [3.05, 3.63) is 40.9 Å². The number of rotatable bonds is 6. The SMILES string of the molecule is C[C@@](C#N)(NC(=O)COC(=O)/C=C/c1ccc(Cl)cc1)C1CC1. The van der Waals surface area contributed by atoms with Crippen LogP contribution in [0.2, 0.25) is 5.02 Å². The van der Waals surface area contributed by atoms with Gasteiger partial charge in [0.25, 0.3) is 5.91 Å². The number of carbonyl (C=O) groups is 2. The molecule has 0 heterocycles. The van der Waals surface area contributed by atoms with Gasteiger partial charge in [-0.2, -0.15) is 5.26 Å². The van der Waals surface area contributed by atoms with Gasteiger partial charge >= 0.3 is 5.97 Å². The molecule has 0 unspecified atom stereocenters. The molecule has 5 nitrogen and oxygen atoms in total. The fourth-order valence-electron chi connectivity index (χ4n) is 2.13. The molecule has 1 saturated carbocycles. The van der Waals surface area contributed by atoms with E-state index in [-0.39, 0.29) is 5.92 Å². The lowest BCUT2D eigenvalue weighted by Gasteiger charge is -2.22. The molecule has 1 aliphatic rings. The second-order valence-corrected chi connectivity index (χ2v) is 6.07. The van der Waals surface area contributed by atoms with Gasteiger partial charge in [0, 0.05) is 11.1 Å². The summed E-state index contributed by atoms with van der Waals surface area (Å²) in [6.07, 6.45) is 4.66. The summed E-state index contributed by atoms with van der Waals surface area (Å²) >= 11 is 5.77. The third kappa shape index (κ3) is 5.11. The van der Waals surface area contributed by atoms with Crippen molar-refractivity contribution >= 4 is 29.6 Å². The van der Waals surface area contributed by atoms with Crippen molar-refractivity contribution in [2.75, 3.05) is 6.61 Å². The summed E-state index contributed by atoms with van der Waals surface area (Å²) in [5.74, 6) is -0.925. The van der Waals surface area contributed by atoms with E-state index in [4.69, 9.17) is 21.6 Å². The number of hydrogen-bond donors (Lipinski definition) is 1. The van der Waals surface area contributed by atoms with E-state index in [1.54, 1.807) is 37.3 Å². The lowest BCUT2D eigenvalue weighted by Crippen LogP contribution is -2.48. The maximum absolute atomic E-state index is 11.8. The summed E-state index contributed by atoms with van der Waals surface area (Å²) in [6, 6.07) is 9.04. The molecule has 1 aliphatic carbocycles. The number of ether oxygens (including phenoxy) is 1. The molecule has 1 amide bonds. The molecule has 1 aromatic rings. The summed E-state index contributed by atoms with van der Waals surface area (Å²) in [7, 11) is 0. The number of nitrogens with zero attached hydrogens (tertiary/aromatic N) is 1. The molecule has 2 rings (SSSR count). The predicted octanol–water partition coefficient (Wildman–Crippen LogP) is 2.70. The minimum Gasteiger partial charge on any atom is -0.452 e. The fourth-order valence-corrected chi connectivity index (χ4v) is 2.26. The molecule has 0 aromatic heterocycles. The van der Waals surface area contributed by atoms with Crippen molar-refractivity contribution < 1.29 is 14.3 Å². The number of hydrogen-bond acceptors (Lipinski definition) is 4. The van der Waals surface area contributed by atoms with E-state index in [1.165, 1.54) is 6.08 Å². The standard InChI is InChI=1S/C17H17ClN2O3/c1-17(11-19,13-5-6-13)20-15(21)10-23-16(22)9-4-12-2-7-14(18)8-3-12/h2-4,7-9,13H,5-6,10H2,1H3,(H,20,21)/b9-4+/t17-/m0/s1. The maximum atomic E-state index is 11.8. The third-order valence-corrected chi connectivity index (χ3v) is 3.90. The van der Waals surface area contributed by atoms with E-state index in [0.717, 1.165) is 18.4 Å². The van der Waals surface area contributed by atoms with Crippen molar-refractivity contribution in [1.82, 2.24) is 5.32 Å². The first-order valence-corrected chi connectivity index (χ1v) is 7.63. The minimum atomic E-state index is -0.886. The quantitative estimate of drug-likeness (QED) is 0.641. The summed E-state index contributed by atoms with van der Waals surface area (Å²) in [6.45, 7) is 1.28. The minimum absolute atomic E-state index is 0.178. The van der Waals surface area contributed by atoms with Crippen molar-refractivity contribution in [3.8, 4) is 6.07 Å². The Morgan fingerprint density at radius 1 is 1.43 bits per heavy atom. The number of nitriles is 1. The Morgan fingerprint density at radius 3 is 2.65 bits per heavy atom. The van der Waals surface area contributed by atoms with Crippen LogP contribution in [-0.4, -0.2) is 24.0 Å². The average molecular weight is 333 g/mol. The molecule has 0 radical (unpaired) electrons. The lowest BCUT2D eigenvalue weighted by molar-refractivity contribution is -0.144. The largest absolute Gasteiger partial charge is 0.452 e. The van der Waals surface area contributed by atoms with E-state index < -0.39 is 24.0 Å². The van der Waals surface area contributed by atoms with E-state index in [9.17, 15) is 9.59 Å². The normalized spacial score (nSPS) is 16.4. The van der Waals surface area contributed by atoms with Crippen LogP contribution in [0.3, 0.4) is 0 Å². The van der Waals surface area contributed by atoms with Gasteiger partial charge in [0.2, 0.25) is 0 Å².